The van der Waals surface area contributed by atoms with Gasteiger partial charge in [-0.25, -0.2) is 24.4 Å². The molecule has 0 aliphatic carbocycles. The Balaban J connectivity index is 5.61. The lowest BCUT2D eigenvalue weighted by atomic mass is 9.66. The van der Waals surface area contributed by atoms with E-state index in [2.05, 4.69) is 20.8 Å². The van der Waals surface area contributed by atoms with Gasteiger partial charge in [-0.05, 0) is 107 Å². The minimum Gasteiger partial charge on any atom is -0.251 e. The second kappa shape index (κ2) is 10.1. The van der Waals surface area contributed by atoms with Gasteiger partial charge in [0.25, 0.3) is 0 Å². The Kier molecular flexibility index (Phi) is 10.1. The number of rotatable bonds is 11. The van der Waals surface area contributed by atoms with E-state index in [0.29, 0.717) is 19.3 Å². The highest BCUT2D eigenvalue weighted by molar-refractivity contribution is 4.93. The lowest BCUT2D eigenvalue weighted by molar-refractivity contribution is -0.417. The molecule has 0 heterocycles. The molecule has 0 aromatic rings. The first-order valence-electron chi connectivity index (χ1n) is 11.1. The Bertz CT molecular complexity index is 507. The van der Waals surface area contributed by atoms with Crippen LogP contribution in [0, 0.1) is 11.3 Å². The Hall–Kier alpha value is -0.240. The monoisotopic (exact) mass is 434 g/mol. The van der Waals surface area contributed by atoms with Gasteiger partial charge < -0.3 is 0 Å². The molecule has 0 saturated heterocycles. The summed E-state index contributed by atoms with van der Waals surface area (Å²) in [6.07, 6.45) is 2.01. The fourth-order valence-electron chi connectivity index (χ4n) is 3.34. The predicted octanol–water partition coefficient (Wildman–Crippen LogP) is 7.12. The van der Waals surface area contributed by atoms with Crippen LogP contribution in [-0.4, -0.2) is 33.3 Å². The lowest BCUT2D eigenvalue weighted by Gasteiger charge is -2.45. The Morgan fingerprint density at radius 2 is 1.03 bits per heavy atom. The van der Waals surface area contributed by atoms with Crippen LogP contribution in [0.15, 0.2) is 0 Å². The van der Waals surface area contributed by atoms with Crippen LogP contribution in [0.3, 0.4) is 0 Å². The van der Waals surface area contributed by atoms with Gasteiger partial charge in [-0.2, -0.15) is 0 Å². The minimum absolute atomic E-state index is 0.00146. The molecule has 0 saturated carbocycles. The van der Waals surface area contributed by atoms with Gasteiger partial charge in [0.1, 0.15) is 11.2 Å². The molecule has 0 radical (unpaired) electrons. The van der Waals surface area contributed by atoms with Crippen molar-refractivity contribution in [1.82, 2.24) is 0 Å². The molecule has 0 aliphatic heterocycles. The molecule has 6 heteroatoms. The highest BCUT2D eigenvalue weighted by Crippen LogP contribution is 2.44. The SMILES string of the molecule is CC(C)(C)OOC(C)(C)CCC(C)(CC(C(C)(C)C)C(C)(C)OO)OOC(C)(C)C. The predicted molar refractivity (Wildman–Crippen MR) is 121 cm³/mol. The molecule has 0 spiro atoms. The van der Waals surface area contributed by atoms with E-state index in [1.807, 2.05) is 76.2 Å². The molecule has 0 aliphatic rings. The molecule has 0 amide bonds. The fourth-order valence-corrected chi connectivity index (χ4v) is 3.34. The van der Waals surface area contributed by atoms with Crippen molar-refractivity contribution >= 4 is 0 Å². The van der Waals surface area contributed by atoms with E-state index in [1.165, 1.54) is 0 Å². The topological polar surface area (TPSA) is 66.4 Å². The van der Waals surface area contributed by atoms with Crippen LogP contribution in [0.25, 0.3) is 0 Å². The molecule has 0 aromatic carbocycles. The van der Waals surface area contributed by atoms with Crippen LogP contribution < -0.4 is 0 Å². The Morgan fingerprint density at radius 1 is 0.600 bits per heavy atom. The third-order valence-electron chi connectivity index (χ3n) is 5.02. The van der Waals surface area contributed by atoms with Gasteiger partial charge in [0.15, 0.2) is 0 Å². The van der Waals surface area contributed by atoms with E-state index >= 15 is 0 Å². The summed E-state index contributed by atoms with van der Waals surface area (Å²) in [5.74, 6) is -0.00146. The molecule has 0 bridgehead atoms. The second-order valence-electron chi connectivity index (χ2n) is 13.1. The highest BCUT2D eigenvalue weighted by Gasteiger charge is 2.45. The zero-order valence-corrected chi connectivity index (χ0v) is 22.2. The van der Waals surface area contributed by atoms with Crippen LogP contribution in [0.5, 0.6) is 0 Å². The summed E-state index contributed by atoms with van der Waals surface area (Å²) in [4.78, 5) is 28.0. The summed E-state index contributed by atoms with van der Waals surface area (Å²) >= 11 is 0. The average molecular weight is 435 g/mol. The van der Waals surface area contributed by atoms with E-state index in [4.69, 9.17) is 24.4 Å². The van der Waals surface area contributed by atoms with Crippen LogP contribution in [0.1, 0.15) is 116 Å². The molecule has 2 unspecified atom stereocenters. The normalized spacial score (nSPS) is 17.7. The van der Waals surface area contributed by atoms with E-state index in [-0.39, 0.29) is 16.9 Å². The summed E-state index contributed by atoms with van der Waals surface area (Å²) in [5, 5.41) is 9.58. The standard InChI is InChI=1S/C24H50O6/c1-19(2,3)18(23(12,13)26-25)17-24(14,30-28-21(7,8)9)16-15-22(10,11)29-27-20(4,5)6/h18,25H,15-17H2,1-14H3. The van der Waals surface area contributed by atoms with Crippen molar-refractivity contribution in [2.75, 3.05) is 0 Å². The summed E-state index contributed by atoms with van der Waals surface area (Å²) in [7, 11) is 0. The first-order valence-corrected chi connectivity index (χ1v) is 11.1. The van der Waals surface area contributed by atoms with Gasteiger partial charge in [-0.3, -0.25) is 5.26 Å². The molecular weight excluding hydrogens is 384 g/mol. The maximum absolute atomic E-state index is 9.58. The molecule has 182 valence electrons. The molecule has 1 N–H and O–H groups in total. The number of hydrogen-bond donors (Lipinski definition) is 1. The minimum atomic E-state index is -0.744. The zero-order valence-electron chi connectivity index (χ0n) is 22.2. The quantitative estimate of drug-likeness (QED) is 0.276. The van der Waals surface area contributed by atoms with E-state index in [1.54, 1.807) is 0 Å². The van der Waals surface area contributed by atoms with Crippen molar-refractivity contribution in [3.63, 3.8) is 0 Å². The van der Waals surface area contributed by atoms with Gasteiger partial charge in [0.2, 0.25) is 0 Å². The third kappa shape index (κ3) is 12.0. The average Bonchev–Trinajstić information content (AvgIpc) is 2.53. The molecule has 0 fully saturated rings. The Labute approximate surface area is 185 Å². The van der Waals surface area contributed by atoms with Gasteiger partial charge in [0, 0.05) is 0 Å². The van der Waals surface area contributed by atoms with Crippen molar-refractivity contribution in [3.05, 3.63) is 0 Å². The molecule has 2 atom stereocenters. The third-order valence-corrected chi connectivity index (χ3v) is 5.02. The lowest BCUT2D eigenvalue weighted by Crippen LogP contribution is -2.47. The van der Waals surface area contributed by atoms with E-state index < -0.39 is 22.4 Å². The van der Waals surface area contributed by atoms with Crippen LogP contribution in [0.2, 0.25) is 0 Å². The van der Waals surface area contributed by atoms with Crippen molar-refractivity contribution in [1.29, 1.82) is 0 Å². The molecule has 0 aromatic heterocycles. The van der Waals surface area contributed by atoms with Gasteiger partial charge in [-0.1, -0.05) is 20.8 Å². The largest absolute Gasteiger partial charge is 0.251 e. The van der Waals surface area contributed by atoms with Crippen LogP contribution >= 0.6 is 0 Å². The zero-order chi connectivity index (χ0) is 24.2. The summed E-state index contributed by atoms with van der Waals surface area (Å²) < 4.78 is 0. The van der Waals surface area contributed by atoms with Crippen molar-refractivity contribution < 1.29 is 29.7 Å². The fraction of sp³-hybridized carbons (Fsp3) is 1.00. The smallest absolute Gasteiger partial charge is 0.101 e. The van der Waals surface area contributed by atoms with Crippen molar-refractivity contribution in [2.24, 2.45) is 11.3 Å². The van der Waals surface area contributed by atoms with Gasteiger partial charge >= 0.3 is 0 Å². The highest BCUT2D eigenvalue weighted by atomic mass is 17.2. The van der Waals surface area contributed by atoms with Crippen LogP contribution in [-0.2, 0) is 24.4 Å². The second-order valence-corrected chi connectivity index (χ2v) is 13.1. The van der Waals surface area contributed by atoms with E-state index in [0.717, 1.165) is 0 Å². The van der Waals surface area contributed by atoms with Crippen molar-refractivity contribution in [2.45, 2.75) is 144 Å². The van der Waals surface area contributed by atoms with E-state index in [9.17, 15) is 5.26 Å². The van der Waals surface area contributed by atoms with Crippen molar-refractivity contribution in [3.8, 4) is 0 Å². The molecule has 6 nitrogen and oxygen atoms in total. The molecular formula is C24H50O6. The summed E-state index contributed by atoms with van der Waals surface area (Å²) in [5.41, 5.74) is -2.82. The van der Waals surface area contributed by atoms with Gasteiger partial charge in [-0.15, -0.1) is 0 Å². The maximum atomic E-state index is 9.58. The molecule has 30 heavy (non-hydrogen) atoms. The summed E-state index contributed by atoms with van der Waals surface area (Å²) in [6, 6.07) is 0. The summed E-state index contributed by atoms with van der Waals surface area (Å²) in [6.45, 7) is 28.0. The first kappa shape index (κ1) is 29.8. The Morgan fingerprint density at radius 3 is 1.40 bits per heavy atom. The van der Waals surface area contributed by atoms with Gasteiger partial charge in [0.05, 0.1) is 16.8 Å². The maximum Gasteiger partial charge on any atom is 0.101 e. The van der Waals surface area contributed by atoms with Crippen LogP contribution in [0.4, 0.5) is 0 Å². The first-order chi connectivity index (χ1) is 13.0. The molecule has 0 rings (SSSR count). The number of hydrogen-bond acceptors (Lipinski definition) is 6.